The molecule has 0 aromatic carbocycles. The van der Waals surface area contributed by atoms with Gasteiger partial charge in [-0.2, -0.15) is 0 Å². The van der Waals surface area contributed by atoms with Gasteiger partial charge in [-0.15, -0.1) is 0 Å². The molecule has 0 radical (unpaired) electrons. The highest BCUT2D eigenvalue weighted by Crippen LogP contribution is 2.38. The first-order valence-electron chi connectivity index (χ1n) is 14.2. The number of hydrogen-bond acceptors (Lipinski definition) is 5. The van der Waals surface area contributed by atoms with Gasteiger partial charge in [-0.1, -0.05) is 25.7 Å². The Bertz CT molecular complexity index is 746. The van der Waals surface area contributed by atoms with E-state index in [0.717, 1.165) is 64.2 Å². The molecule has 2 aliphatic rings. The Morgan fingerprint density at radius 3 is 1.42 bits per heavy atom. The van der Waals surface area contributed by atoms with Crippen molar-refractivity contribution in [1.29, 1.82) is 0 Å². The Balaban J connectivity index is 1.55. The van der Waals surface area contributed by atoms with Gasteiger partial charge in [-0.25, -0.2) is 4.58 Å². The quantitative estimate of drug-likeness (QED) is 0.187. The lowest BCUT2D eigenvalue weighted by Gasteiger charge is -2.53. The zero-order valence-corrected chi connectivity index (χ0v) is 24.9. The van der Waals surface area contributed by atoms with E-state index in [4.69, 9.17) is 9.47 Å². The number of rotatable bonds is 11. The van der Waals surface area contributed by atoms with Gasteiger partial charge in [0.05, 0.1) is 0 Å². The van der Waals surface area contributed by atoms with Crippen molar-refractivity contribution in [2.75, 3.05) is 7.05 Å². The highest BCUT2D eigenvalue weighted by molar-refractivity contribution is 5.69. The SMILES string of the molecule is C=[N+]1C(C)(C)CC(OC(=O)CCCCCCCCC(=O)OC2CC(C)(C)N(C)C(C)(C)C2)CC1(C)C. The van der Waals surface area contributed by atoms with E-state index in [2.05, 4.69) is 78.6 Å². The third kappa shape index (κ3) is 8.56. The molecular weight excluding hydrogens is 452 g/mol. The standard InChI is InChI=1S/C30H55N2O4/c1-27(2)19-23(20-28(3,4)31(27)9)35-25(33)17-15-13-11-12-14-16-18-26(34)36-24-21-29(5,6)32(10)30(7,8)22-24/h23-24H,9,11-22H2,1-8,10H3/q+1. The van der Waals surface area contributed by atoms with E-state index in [1.165, 1.54) is 0 Å². The number of carbonyl (C=O) groups is 2. The zero-order chi connectivity index (χ0) is 27.4. The summed E-state index contributed by atoms with van der Waals surface area (Å²) in [4.78, 5) is 27.2. The van der Waals surface area contributed by atoms with Crippen LogP contribution in [0.25, 0.3) is 0 Å². The molecule has 0 spiro atoms. The van der Waals surface area contributed by atoms with Gasteiger partial charge in [0.1, 0.15) is 18.9 Å². The van der Waals surface area contributed by atoms with E-state index in [1.807, 2.05) is 0 Å². The maximum Gasteiger partial charge on any atom is 0.306 e. The molecule has 0 aromatic heterocycles. The lowest BCUT2D eigenvalue weighted by molar-refractivity contribution is -0.672. The molecule has 0 atom stereocenters. The van der Waals surface area contributed by atoms with Crippen molar-refractivity contribution in [2.45, 2.75) is 167 Å². The summed E-state index contributed by atoms with van der Waals surface area (Å²) in [5.74, 6) is -0.137. The minimum Gasteiger partial charge on any atom is -0.462 e. The molecule has 2 rings (SSSR count). The molecule has 36 heavy (non-hydrogen) atoms. The molecule has 2 saturated heterocycles. The Hall–Kier alpha value is -1.43. The van der Waals surface area contributed by atoms with E-state index in [0.29, 0.717) is 12.8 Å². The molecule has 0 amide bonds. The van der Waals surface area contributed by atoms with Crippen molar-refractivity contribution in [2.24, 2.45) is 0 Å². The number of esters is 2. The summed E-state index contributed by atoms with van der Waals surface area (Å²) in [6, 6.07) is 0. The molecule has 0 unspecified atom stereocenters. The third-order valence-electron chi connectivity index (χ3n) is 8.79. The first-order valence-corrected chi connectivity index (χ1v) is 14.2. The van der Waals surface area contributed by atoms with Crippen molar-refractivity contribution in [3.8, 4) is 0 Å². The molecular formula is C30H55N2O4+. The smallest absolute Gasteiger partial charge is 0.306 e. The number of carbonyl (C=O) groups excluding carboxylic acids is 2. The molecule has 0 bridgehead atoms. The van der Waals surface area contributed by atoms with Crippen LogP contribution in [0.1, 0.15) is 132 Å². The highest BCUT2D eigenvalue weighted by Gasteiger charge is 2.49. The van der Waals surface area contributed by atoms with Gasteiger partial charge in [0, 0.05) is 77.3 Å². The van der Waals surface area contributed by atoms with E-state index in [-0.39, 0.29) is 46.3 Å². The van der Waals surface area contributed by atoms with Crippen molar-refractivity contribution in [3.63, 3.8) is 0 Å². The normalized spacial score (nSPS) is 23.9. The summed E-state index contributed by atoms with van der Waals surface area (Å²) < 4.78 is 13.8. The van der Waals surface area contributed by atoms with Crippen molar-refractivity contribution >= 4 is 18.7 Å². The molecule has 6 nitrogen and oxygen atoms in total. The summed E-state index contributed by atoms with van der Waals surface area (Å²) >= 11 is 0. The second-order valence-corrected chi connectivity index (χ2v) is 13.9. The van der Waals surface area contributed by atoms with Crippen LogP contribution in [-0.2, 0) is 19.1 Å². The number of ether oxygens (including phenoxy) is 2. The lowest BCUT2D eigenvalue weighted by atomic mass is 9.79. The molecule has 2 fully saturated rings. The average Bonchev–Trinajstić information content (AvgIpc) is 2.71. The van der Waals surface area contributed by atoms with Gasteiger partial charge in [0.15, 0.2) is 11.1 Å². The summed E-state index contributed by atoms with van der Waals surface area (Å²) in [7, 11) is 2.16. The zero-order valence-electron chi connectivity index (χ0n) is 24.9. The number of piperidine rings is 2. The summed E-state index contributed by atoms with van der Waals surface area (Å²) in [6.45, 7) is 21.8. The van der Waals surface area contributed by atoms with E-state index in [1.54, 1.807) is 0 Å². The van der Waals surface area contributed by atoms with Crippen molar-refractivity contribution in [1.82, 2.24) is 4.90 Å². The average molecular weight is 508 g/mol. The van der Waals surface area contributed by atoms with Crippen LogP contribution >= 0.6 is 0 Å². The maximum atomic E-state index is 12.4. The van der Waals surface area contributed by atoms with Crippen LogP contribution in [0.15, 0.2) is 0 Å². The van der Waals surface area contributed by atoms with E-state index < -0.39 is 0 Å². The Morgan fingerprint density at radius 1 is 0.694 bits per heavy atom. The second kappa shape index (κ2) is 12.0. The number of likely N-dealkylation sites (tertiary alicyclic amines) is 1. The minimum absolute atomic E-state index is 0.00165. The van der Waals surface area contributed by atoms with E-state index >= 15 is 0 Å². The van der Waals surface area contributed by atoms with Crippen molar-refractivity contribution < 1.29 is 23.6 Å². The van der Waals surface area contributed by atoms with Crippen LogP contribution in [0, 0.1) is 0 Å². The monoisotopic (exact) mass is 507 g/mol. The highest BCUT2D eigenvalue weighted by atomic mass is 16.5. The van der Waals surface area contributed by atoms with Crippen LogP contribution < -0.4 is 0 Å². The molecule has 2 aliphatic heterocycles. The number of hydrogen-bond donors (Lipinski definition) is 0. The van der Waals surface area contributed by atoms with Crippen LogP contribution in [0.4, 0.5) is 0 Å². The molecule has 6 heteroatoms. The molecule has 0 aliphatic carbocycles. The van der Waals surface area contributed by atoms with Gasteiger partial charge >= 0.3 is 11.9 Å². The predicted octanol–water partition coefficient (Wildman–Crippen LogP) is 6.28. The fourth-order valence-electron chi connectivity index (χ4n) is 6.41. The minimum atomic E-state index is -0.0839. The van der Waals surface area contributed by atoms with Crippen LogP contribution in [0.3, 0.4) is 0 Å². The van der Waals surface area contributed by atoms with Gasteiger partial charge < -0.3 is 9.47 Å². The van der Waals surface area contributed by atoms with Crippen molar-refractivity contribution in [3.05, 3.63) is 0 Å². The third-order valence-corrected chi connectivity index (χ3v) is 8.79. The largest absolute Gasteiger partial charge is 0.462 e. The molecule has 0 saturated carbocycles. The fourth-order valence-corrected chi connectivity index (χ4v) is 6.41. The van der Waals surface area contributed by atoms with Crippen LogP contribution in [0.5, 0.6) is 0 Å². The van der Waals surface area contributed by atoms with Gasteiger partial charge in [0.25, 0.3) is 0 Å². The lowest BCUT2D eigenvalue weighted by Crippen LogP contribution is -2.60. The molecule has 0 N–H and O–H groups in total. The van der Waals surface area contributed by atoms with Crippen LogP contribution in [0.2, 0.25) is 0 Å². The Kier molecular flexibility index (Phi) is 10.2. The molecule has 0 aromatic rings. The van der Waals surface area contributed by atoms with E-state index in [9.17, 15) is 9.59 Å². The summed E-state index contributed by atoms with van der Waals surface area (Å²) in [5.41, 5.74) is -0.118. The van der Waals surface area contributed by atoms with Crippen LogP contribution in [-0.4, -0.2) is 69.5 Å². The number of unbranched alkanes of at least 4 members (excludes halogenated alkanes) is 5. The van der Waals surface area contributed by atoms with Gasteiger partial charge in [-0.3, -0.25) is 14.5 Å². The summed E-state index contributed by atoms with van der Waals surface area (Å²) in [5, 5.41) is 0. The molecule has 208 valence electrons. The maximum absolute atomic E-state index is 12.4. The molecule has 2 heterocycles. The van der Waals surface area contributed by atoms with Gasteiger partial charge in [0.2, 0.25) is 0 Å². The summed E-state index contributed by atoms with van der Waals surface area (Å²) in [6.07, 6.45) is 10.3. The fraction of sp³-hybridized carbons (Fsp3) is 0.900. The number of nitrogens with zero attached hydrogens (tertiary/aromatic N) is 2. The second-order valence-electron chi connectivity index (χ2n) is 13.9. The predicted molar refractivity (Wildman–Crippen MR) is 147 cm³/mol. The first-order chi connectivity index (χ1) is 16.5. The van der Waals surface area contributed by atoms with Gasteiger partial charge in [-0.05, 0) is 47.6 Å². The topological polar surface area (TPSA) is 58.9 Å². The Morgan fingerprint density at radius 2 is 1.03 bits per heavy atom. The first kappa shape index (κ1) is 30.8. The Labute approximate surface area is 221 Å².